The summed E-state index contributed by atoms with van der Waals surface area (Å²) in [7, 11) is 3.15. The molecule has 0 fully saturated rings. The van der Waals surface area contributed by atoms with Crippen LogP contribution in [0.15, 0.2) is 72.8 Å². The van der Waals surface area contributed by atoms with Gasteiger partial charge in [0.1, 0.15) is 5.75 Å². The Balaban J connectivity index is 1.78. The van der Waals surface area contributed by atoms with Gasteiger partial charge in [-0.3, -0.25) is 15.0 Å². The van der Waals surface area contributed by atoms with Crippen LogP contribution in [0, 0.1) is 6.92 Å². The summed E-state index contributed by atoms with van der Waals surface area (Å²) in [4.78, 5) is 25.2. The summed E-state index contributed by atoms with van der Waals surface area (Å²) < 4.78 is 16.2. The Hall–Kier alpha value is -4.26. The molecular formula is C27H26N2O5. The highest BCUT2D eigenvalue weighted by Crippen LogP contribution is 2.38. The SMILES string of the molecule is COc1ccc([C@H]2C=C(c3ccccc3OC(C)=O)NN2C(=O)c2ccc(C)cc2)cc1OC. The number of rotatable bonds is 6. The molecule has 7 nitrogen and oxygen atoms in total. The summed E-state index contributed by atoms with van der Waals surface area (Å²) in [6, 6.07) is 19.7. The molecule has 0 spiro atoms. The average Bonchev–Trinajstić information content (AvgIpc) is 3.29. The molecule has 7 heteroatoms. The van der Waals surface area contributed by atoms with Crippen molar-refractivity contribution in [2.75, 3.05) is 14.2 Å². The van der Waals surface area contributed by atoms with Gasteiger partial charge in [-0.1, -0.05) is 35.9 Å². The van der Waals surface area contributed by atoms with E-state index in [1.807, 2.05) is 49.4 Å². The Morgan fingerprint density at radius 2 is 1.59 bits per heavy atom. The molecule has 1 aliphatic heterocycles. The highest BCUT2D eigenvalue weighted by Gasteiger charge is 2.33. The van der Waals surface area contributed by atoms with Crippen LogP contribution in [0.2, 0.25) is 0 Å². The lowest BCUT2D eigenvalue weighted by molar-refractivity contribution is -0.131. The minimum Gasteiger partial charge on any atom is -0.493 e. The Bertz CT molecular complexity index is 1250. The molecule has 0 bridgehead atoms. The molecule has 1 heterocycles. The van der Waals surface area contributed by atoms with Crippen LogP contribution >= 0.6 is 0 Å². The molecule has 0 aliphatic carbocycles. The van der Waals surface area contributed by atoms with Gasteiger partial charge in [-0.25, -0.2) is 5.01 Å². The summed E-state index contributed by atoms with van der Waals surface area (Å²) in [5.74, 6) is 0.943. The Labute approximate surface area is 198 Å². The molecule has 1 aliphatic rings. The average molecular weight is 459 g/mol. The zero-order valence-corrected chi connectivity index (χ0v) is 19.5. The Morgan fingerprint density at radius 1 is 0.882 bits per heavy atom. The van der Waals surface area contributed by atoms with E-state index in [0.29, 0.717) is 34.1 Å². The first-order chi connectivity index (χ1) is 16.4. The molecule has 174 valence electrons. The molecule has 0 radical (unpaired) electrons. The number of methoxy groups -OCH3 is 2. The number of benzene rings is 3. The number of esters is 1. The van der Waals surface area contributed by atoms with Crippen LogP contribution in [0.4, 0.5) is 0 Å². The Kier molecular flexibility index (Phi) is 6.54. The summed E-state index contributed by atoms with van der Waals surface area (Å²) in [6.45, 7) is 3.33. The fourth-order valence-electron chi connectivity index (χ4n) is 3.85. The summed E-state index contributed by atoms with van der Waals surface area (Å²) in [6.07, 6.45) is 1.93. The zero-order chi connectivity index (χ0) is 24.2. The zero-order valence-electron chi connectivity index (χ0n) is 19.5. The number of nitrogens with one attached hydrogen (secondary N) is 1. The number of nitrogens with zero attached hydrogens (tertiary/aromatic N) is 1. The van der Waals surface area contributed by atoms with E-state index in [0.717, 1.165) is 11.1 Å². The van der Waals surface area contributed by atoms with Gasteiger partial charge in [-0.2, -0.15) is 0 Å². The van der Waals surface area contributed by atoms with Gasteiger partial charge in [0.2, 0.25) is 0 Å². The van der Waals surface area contributed by atoms with E-state index in [-0.39, 0.29) is 5.91 Å². The monoisotopic (exact) mass is 458 g/mol. The van der Waals surface area contributed by atoms with Gasteiger partial charge in [-0.05, 0) is 55.0 Å². The Morgan fingerprint density at radius 3 is 2.26 bits per heavy atom. The van der Waals surface area contributed by atoms with Gasteiger partial charge in [-0.15, -0.1) is 0 Å². The van der Waals surface area contributed by atoms with E-state index in [9.17, 15) is 9.59 Å². The number of hydrogen-bond donors (Lipinski definition) is 1. The third-order valence-electron chi connectivity index (χ3n) is 5.54. The van der Waals surface area contributed by atoms with Crippen LogP contribution in [0.3, 0.4) is 0 Å². The maximum atomic E-state index is 13.5. The molecule has 4 rings (SSSR count). The molecule has 0 unspecified atom stereocenters. The summed E-state index contributed by atoms with van der Waals surface area (Å²) >= 11 is 0. The van der Waals surface area contributed by atoms with Crippen molar-refractivity contribution < 1.29 is 23.8 Å². The molecule has 1 atom stereocenters. The van der Waals surface area contributed by atoms with Gasteiger partial charge in [0.15, 0.2) is 11.5 Å². The van der Waals surface area contributed by atoms with Crippen molar-refractivity contribution in [1.29, 1.82) is 0 Å². The second kappa shape index (κ2) is 9.70. The maximum Gasteiger partial charge on any atom is 0.308 e. The van der Waals surface area contributed by atoms with E-state index in [1.165, 1.54) is 6.92 Å². The molecule has 0 saturated heterocycles. The maximum absolute atomic E-state index is 13.5. The molecule has 0 aromatic heterocycles. The first kappa shape index (κ1) is 22.9. The van der Waals surface area contributed by atoms with E-state index in [2.05, 4.69) is 5.43 Å². The predicted octanol–water partition coefficient (Wildman–Crippen LogP) is 4.68. The van der Waals surface area contributed by atoms with Crippen molar-refractivity contribution in [3.63, 3.8) is 0 Å². The number of carbonyl (C=O) groups excluding carboxylic acids is 2. The predicted molar refractivity (Wildman–Crippen MR) is 128 cm³/mol. The second-order valence-corrected chi connectivity index (χ2v) is 7.88. The minimum absolute atomic E-state index is 0.198. The third-order valence-corrected chi connectivity index (χ3v) is 5.54. The lowest BCUT2D eigenvalue weighted by Gasteiger charge is -2.26. The second-order valence-electron chi connectivity index (χ2n) is 7.88. The molecule has 1 amide bonds. The number of carbonyl (C=O) groups is 2. The third kappa shape index (κ3) is 4.59. The molecule has 1 N–H and O–H groups in total. The van der Waals surface area contributed by atoms with Crippen molar-refractivity contribution in [3.05, 3.63) is 95.1 Å². The van der Waals surface area contributed by atoms with Crippen LogP contribution in [-0.2, 0) is 4.79 Å². The molecule has 0 saturated carbocycles. The van der Waals surface area contributed by atoms with Crippen molar-refractivity contribution in [2.45, 2.75) is 19.9 Å². The topological polar surface area (TPSA) is 77.1 Å². The highest BCUT2D eigenvalue weighted by molar-refractivity contribution is 5.96. The molecular weight excluding hydrogens is 432 g/mol. The number of amides is 1. The number of ether oxygens (including phenoxy) is 3. The van der Waals surface area contributed by atoms with Gasteiger partial charge in [0, 0.05) is 18.1 Å². The quantitative estimate of drug-likeness (QED) is 0.427. The van der Waals surface area contributed by atoms with Gasteiger partial charge < -0.3 is 14.2 Å². The van der Waals surface area contributed by atoms with E-state index in [4.69, 9.17) is 14.2 Å². The van der Waals surface area contributed by atoms with Crippen LogP contribution in [0.25, 0.3) is 5.70 Å². The normalized spacial score (nSPS) is 14.8. The summed E-state index contributed by atoms with van der Waals surface area (Å²) in [5.41, 5.74) is 6.99. The van der Waals surface area contributed by atoms with E-state index >= 15 is 0 Å². The van der Waals surface area contributed by atoms with E-state index < -0.39 is 12.0 Å². The fourth-order valence-corrected chi connectivity index (χ4v) is 3.85. The smallest absolute Gasteiger partial charge is 0.308 e. The largest absolute Gasteiger partial charge is 0.493 e. The fraction of sp³-hybridized carbons (Fsp3) is 0.185. The van der Waals surface area contributed by atoms with Gasteiger partial charge in [0.25, 0.3) is 5.91 Å². The van der Waals surface area contributed by atoms with Crippen LogP contribution in [-0.4, -0.2) is 31.1 Å². The van der Waals surface area contributed by atoms with Crippen molar-refractivity contribution in [2.24, 2.45) is 0 Å². The first-order valence-electron chi connectivity index (χ1n) is 10.8. The number of hydrazine groups is 1. The van der Waals surface area contributed by atoms with Crippen molar-refractivity contribution in [1.82, 2.24) is 10.4 Å². The first-order valence-corrected chi connectivity index (χ1v) is 10.8. The van der Waals surface area contributed by atoms with Crippen molar-refractivity contribution in [3.8, 4) is 17.2 Å². The molecule has 3 aromatic rings. The van der Waals surface area contributed by atoms with Crippen LogP contribution in [0.1, 0.15) is 40.0 Å². The highest BCUT2D eigenvalue weighted by atomic mass is 16.5. The van der Waals surface area contributed by atoms with Crippen LogP contribution < -0.4 is 19.6 Å². The summed E-state index contributed by atoms with van der Waals surface area (Å²) in [5, 5.41) is 1.56. The van der Waals surface area contributed by atoms with Crippen LogP contribution in [0.5, 0.6) is 17.2 Å². The lowest BCUT2D eigenvalue weighted by Crippen LogP contribution is -2.39. The minimum atomic E-state index is -0.450. The number of para-hydroxylation sites is 1. The molecule has 3 aromatic carbocycles. The number of aryl methyl sites for hydroxylation is 1. The van der Waals surface area contributed by atoms with E-state index in [1.54, 1.807) is 49.6 Å². The van der Waals surface area contributed by atoms with Gasteiger partial charge in [0.05, 0.1) is 26.0 Å². The van der Waals surface area contributed by atoms with Gasteiger partial charge >= 0.3 is 5.97 Å². The number of hydrogen-bond acceptors (Lipinski definition) is 6. The van der Waals surface area contributed by atoms with Crippen molar-refractivity contribution >= 4 is 17.6 Å². The molecule has 34 heavy (non-hydrogen) atoms. The standard InChI is InChI=1S/C27H26N2O5/c1-17-9-11-19(12-10-17)27(31)29-23(20-13-14-25(32-3)26(15-20)33-4)16-22(28-29)21-7-5-6-8-24(21)34-18(2)30/h5-16,23,28H,1-4H3/t23-/m1/s1. The lowest BCUT2D eigenvalue weighted by atomic mass is 10.0.